The molecule has 1 saturated carbocycles. The number of carbonyl (C=O) groups is 2. The second-order valence-electron chi connectivity index (χ2n) is 9.14. The highest BCUT2D eigenvalue weighted by molar-refractivity contribution is 7.09. The number of hydrogen-bond acceptors (Lipinski definition) is 5. The molecule has 1 aromatic heterocycles. The topological polar surface area (TPSA) is 71.5 Å². The van der Waals surface area contributed by atoms with E-state index >= 15 is 0 Å². The van der Waals surface area contributed by atoms with Crippen LogP contribution < -0.4 is 15.0 Å². The molecule has 2 aliphatic rings. The van der Waals surface area contributed by atoms with Gasteiger partial charge in [-0.2, -0.15) is 0 Å². The Hall–Kier alpha value is -2.41. The minimum absolute atomic E-state index is 0.0161. The number of rotatable bonds is 4. The second-order valence-corrected chi connectivity index (χ2v) is 10.1. The standard InChI is InChI=1S/C23H29N3O3S/c1-23(2,3)15-9-10-19-18(11-15)26(21(27)13-29-19)12-20-25-17(14-30-20)22(28)24-16-7-5-4-6-8-16/h9-11,14,16H,4-8,12-13H2,1-3H3,(H,24,28). The van der Waals surface area contributed by atoms with E-state index in [2.05, 4.69) is 31.1 Å². The van der Waals surface area contributed by atoms with Gasteiger partial charge in [-0.3, -0.25) is 14.5 Å². The molecule has 1 aliphatic carbocycles. The van der Waals surface area contributed by atoms with Crippen molar-refractivity contribution in [2.24, 2.45) is 0 Å². The van der Waals surface area contributed by atoms with E-state index in [-0.39, 0.29) is 29.9 Å². The molecule has 160 valence electrons. The van der Waals surface area contributed by atoms with Crippen LogP contribution in [0.15, 0.2) is 23.6 Å². The van der Waals surface area contributed by atoms with Crippen LogP contribution in [0.5, 0.6) is 5.75 Å². The molecule has 0 radical (unpaired) electrons. The van der Waals surface area contributed by atoms with E-state index in [0.29, 0.717) is 18.0 Å². The van der Waals surface area contributed by atoms with Crippen molar-refractivity contribution in [2.45, 2.75) is 70.9 Å². The Morgan fingerprint density at radius 3 is 2.77 bits per heavy atom. The van der Waals surface area contributed by atoms with Gasteiger partial charge >= 0.3 is 0 Å². The zero-order chi connectivity index (χ0) is 21.3. The molecule has 7 heteroatoms. The number of thiazole rings is 1. The monoisotopic (exact) mass is 427 g/mol. The van der Waals surface area contributed by atoms with Gasteiger partial charge in [0.1, 0.15) is 16.5 Å². The maximum Gasteiger partial charge on any atom is 0.270 e. The first-order valence-electron chi connectivity index (χ1n) is 10.6. The molecular weight excluding hydrogens is 398 g/mol. The number of anilines is 1. The van der Waals surface area contributed by atoms with Gasteiger partial charge in [-0.25, -0.2) is 4.98 Å². The molecule has 30 heavy (non-hydrogen) atoms. The first kappa shape index (κ1) is 20.8. The predicted octanol–water partition coefficient (Wildman–Crippen LogP) is 4.43. The lowest BCUT2D eigenvalue weighted by molar-refractivity contribution is -0.121. The van der Waals surface area contributed by atoms with Gasteiger partial charge in [0.25, 0.3) is 11.8 Å². The normalized spacial score (nSPS) is 17.4. The summed E-state index contributed by atoms with van der Waals surface area (Å²) in [5.74, 6) is 0.486. The van der Waals surface area contributed by atoms with Crippen LogP contribution in [0, 0.1) is 0 Å². The van der Waals surface area contributed by atoms with Crippen molar-refractivity contribution in [3.05, 3.63) is 39.8 Å². The third-order valence-electron chi connectivity index (χ3n) is 5.79. The van der Waals surface area contributed by atoms with Gasteiger partial charge in [0.05, 0.1) is 12.2 Å². The molecule has 2 heterocycles. The summed E-state index contributed by atoms with van der Waals surface area (Å²) in [6.07, 6.45) is 5.67. The van der Waals surface area contributed by atoms with E-state index in [9.17, 15) is 9.59 Å². The molecular formula is C23H29N3O3S. The van der Waals surface area contributed by atoms with Crippen LogP contribution >= 0.6 is 11.3 Å². The molecule has 1 aliphatic heterocycles. The van der Waals surface area contributed by atoms with E-state index in [1.54, 1.807) is 10.3 Å². The summed E-state index contributed by atoms with van der Waals surface area (Å²) < 4.78 is 5.63. The molecule has 4 rings (SSSR count). The van der Waals surface area contributed by atoms with Crippen molar-refractivity contribution in [1.82, 2.24) is 10.3 Å². The summed E-state index contributed by atoms with van der Waals surface area (Å²) >= 11 is 1.41. The van der Waals surface area contributed by atoms with Crippen LogP contribution in [0.25, 0.3) is 0 Å². The Morgan fingerprint density at radius 2 is 2.03 bits per heavy atom. The fraction of sp³-hybridized carbons (Fsp3) is 0.522. The zero-order valence-corrected chi connectivity index (χ0v) is 18.7. The maximum absolute atomic E-state index is 12.6. The molecule has 1 aromatic carbocycles. The SMILES string of the molecule is CC(C)(C)c1ccc2c(c1)N(Cc1nc(C(=O)NC3CCCCC3)cs1)C(=O)CO2. The smallest absolute Gasteiger partial charge is 0.270 e. The third kappa shape index (κ3) is 4.51. The minimum atomic E-state index is -0.117. The third-order valence-corrected chi connectivity index (χ3v) is 6.62. The average molecular weight is 428 g/mol. The lowest BCUT2D eigenvalue weighted by Gasteiger charge is -2.31. The quantitative estimate of drug-likeness (QED) is 0.784. The molecule has 0 atom stereocenters. The van der Waals surface area contributed by atoms with E-state index < -0.39 is 0 Å². The summed E-state index contributed by atoms with van der Waals surface area (Å²) in [6.45, 7) is 6.78. The fourth-order valence-electron chi connectivity index (χ4n) is 3.97. The number of hydrogen-bond donors (Lipinski definition) is 1. The highest BCUT2D eigenvalue weighted by Gasteiger charge is 2.29. The Bertz CT molecular complexity index is 941. The summed E-state index contributed by atoms with van der Waals surface area (Å²) in [5.41, 5.74) is 2.30. The predicted molar refractivity (Wildman–Crippen MR) is 118 cm³/mol. The molecule has 6 nitrogen and oxygen atoms in total. The Kier molecular flexibility index (Phi) is 5.82. The Labute approximate surface area is 181 Å². The fourth-order valence-corrected chi connectivity index (χ4v) is 4.73. The van der Waals surface area contributed by atoms with Gasteiger partial charge in [-0.05, 0) is 36.0 Å². The number of benzene rings is 1. The lowest BCUT2D eigenvalue weighted by atomic mass is 9.86. The van der Waals surface area contributed by atoms with Crippen LogP contribution in [-0.2, 0) is 16.8 Å². The van der Waals surface area contributed by atoms with E-state index in [1.807, 2.05) is 18.2 Å². The summed E-state index contributed by atoms with van der Waals surface area (Å²) in [4.78, 5) is 31.4. The van der Waals surface area contributed by atoms with Gasteiger partial charge in [0, 0.05) is 11.4 Å². The largest absolute Gasteiger partial charge is 0.482 e. The molecule has 0 saturated heterocycles. The summed E-state index contributed by atoms with van der Waals surface area (Å²) in [6, 6.07) is 6.25. The van der Waals surface area contributed by atoms with Crippen molar-refractivity contribution in [3.8, 4) is 5.75 Å². The molecule has 2 aromatic rings. The summed E-state index contributed by atoms with van der Waals surface area (Å²) in [7, 11) is 0. The molecule has 0 bridgehead atoms. The molecule has 0 unspecified atom stereocenters. The van der Waals surface area contributed by atoms with Gasteiger partial charge in [0.15, 0.2) is 6.61 Å². The number of fused-ring (bicyclic) bond motifs is 1. The van der Waals surface area contributed by atoms with E-state index in [0.717, 1.165) is 29.1 Å². The van der Waals surface area contributed by atoms with Crippen molar-refractivity contribution in [3.63, 3.8) is 0 Å². The van der Waals surface area contributed by atoms with Crippen molar-refractivity contribution < 1.29 is 14.3 Å². The van der Waals surface area contributed by atoms with Crippen molar-refractivity contribution >= 4 is 28.8 Å². The van der Waals surface area contributed by atoms with Gasteiger partial charge in [-0.1, -0.05) is 46.1 Å². The number of carbonyl (C=O) groups excluding carboxylic acids is 2. The molecule has 2 amide bonds. The van der Waals surface area contributed by atoms with Gasteiger partial charge < -0.3 is 10.1 Å². The number of ether oxygens (including phenoxy) is 1. The number of amides is 2. The lowest BCUT2D eigenvalue weighted by Crippen LogP contribution is -2.38. The van der Waals surface area contributed by atoms with Crippen LogP contribution in [0.4, 0.5) is 5.69 Å². The highest BCUT2D eigenvalue weighted by atomic mass is 32.1. The average Bonchev–Trinajstić information content (AvgIpc) is 3.19. The summed E-state index contributed by atoms with van der Waals surface area (Å²) in [5, 5.41) is 5.63. The van der Waals surface area contributed by atoms with Crippen LogP contribution in [0.3, 0.4) is 0 Å². The van der Waals surface area contributed by atoms with Crippen LogP contribution in [0.1, 0.15) is 73.9 Å². The second kappa shape index (κ2) is 8.38. The van der Waals surface area contributed by atoms with Crippen LogP contribution in [-0.4, -0.2) is 29.4 Å². The zero-order valence-electron chi connectivity index (χ0n) is 17.9. The molecule has 0 spiro atoms. The molecule has 1 N–H and O–H groups in total. The Morgan fingerprint density at radius 1 is 1.27 bits per heavy atom. The van der Waals surface area contributed by atoms with Gasteiger partial charge in [0.2, 0.25) is 0 Å². The highest BCUT2D eigenvalue weighted by Crippen LogP contribution is 2.37. The maximum atomic E-state index is 12.6. The number of nitrogens with one attached hydrogen (secondary N) is 1. The first-order valence-corrected chi connectivity index (χ1v) is 11.5. The Balaban J connectivity index is 1.51. The first-order chi connectivity index (χ1) is 14.3. The molecule has 1 fully saturated rings. The minimum Gasteiger partial charge on any atom is -0.482 e. The van der Waals surface area contributed by atoms with E-state index in [1.165, 1.54) is 30.6 Å². The van der Waals surface area contributed by atoms with Gasteiger partial charge in [-0.15, -0.1) is 11.3 Å². The van der Waals surface area contributed by atoms with Crippen molar-refractivity contribution in [2.75, 3.05) is 11.5 Å². The number of aromatic nitrogens is 1. The van der Waals surface area contributed by atoms with Crippen molar-refractivity contribution in [1.29, 1.82) is 0 Å². The van der Waals surface area contributed by atoms with Crippen LogP contribution in [0.2, 0.25) is 0 Å². The van der Waals surface area contributed by atoms with E-state index in [4.69, 9.17) is 4.74 Å². The number of nitrogens with zero attached hydrogens (tertiary/aromatic N) is 2.